The van der Waals surface area contributed by atoms with Crippen LogP contribution in [-0.2, 0) is 42.7 Å². The van der Waals surface area contributed by atoms with E-state index in [4.69, 9.17) is 37.9 Å². The number of fused-ring (bicyclic) bond motifs is 7. The fourth-order valence-corrected chi connectivity index (χ4v) is 16.8. The first-order valence-corrected chi connectivity index (χ1v) is 27.9. The molecule has 4 saturated carbocycles. The molecule has 0 unspecified atom stereocenters. The second-order valence-electron chi connectivity index (χ2n) is 26.6. The number of ether oxygens (including phenoxy) is 8. The first-order valence-electron chi connectivity index (χ1n) is 27.9. The van der Waals surface area contributed by atoms with Crippen molar-refractivity contribution in [3.63, 3.8) is 0 Å². The summed E-state index contributed by atoms with van der Waals surface area (Å²) in [5, 5.41) is 167. The molecule has 24 nitrogen and oxygen atoms in total. The number of hydrogen-bond donors (Lipinski definition) is 15. The van der Waals surface area contributed by atoms with Crippen LogP contribution in [0.15, 0.2) is 11.6 Å². The summed E-state index contributed by atoms with van der Waals surface area (Å²) >= 11 is 0. The summed E-state index contributed by atoms with van der Waals surface area (Å²) in [5.74, 6) is -2.15. The van der Waals surface area contributed by atoms with Crippen LogP contribution >= 0.6 is 0 Å². The highest BCUT2D eigenvalue weighted by Gasteiger charge is 2.72. The maximum absolute atomic E-state index is 12.8. The van der Waals surface area contributed by atoms with Crippen LogP contribution in [0.1, 0.15) is 107 Å². The molecule has 0 radical (unpaired) electrons. The van der Waals surface area contributed by atoms with Crippen molar-refractivity contribution in [1.29, 1.82) is 0 Å². The minimum atomic E-state index is -2.18. The average molecular weight is 1120 g/mol. The van der Waals surface area contributed by atoms with E-state index in [1.165, 1.54) is 12.5 Å². The molecule has 78 heavy (non-hydrogen) atoms. The molecule has 30 atom stereocenters. The standard InChI is InChI=1S/C54H88O24/c1-21-30(60)33(63)38(68)45(71-21)76-40-34(64)31(61)25(18-55)72-46(40)77-41-35(65)32(62)26(19-56)73-47(41)78-42-37(67)36(66)39(44(69)70)75-48(42)74-29-11-12-51(6)27-10-9-22-23-15-49(2,3)13-14-54(23,20-57)28(59)17-52(22,7)53(27,8)16-24(58)43(51)50(29,4)5/h9,21,23-43,45-48,55-68H,10-20H2,1-8H3,(H,69,70)/t21-,23+,24+,25+,26+,27+,28+,29-,30-,31+,32-,33+,34-,35-,36-,37-,38+,39-,40+,41+,42+,43+,45-,46-,47-,48+,51+,52+,53+,54+/m0/s1. The highest BCUT2D eigenvalue weighted by atomic mass is 16.8. The summed E-state index contributed by atoms with van der Waals surface area (Å²) in [4.78, 5) is 12.7. The molecule has 4 aliphatic heterocycles. The smallest absolute Gasteiger partial charge is 0.335 e. The molecule has 0 bridgehead atoms. The molecule has 4 heterocycles. The molecule has 5 aliphatic carbocycles. The van der Waals surface area contributed by atoms with Crippen LogP contribution < -0.4 is 0 Å². The van der Waals surface area contributed by atoms with E-state index in [2.05, 4.69) is 40.7 Å². The molecule has 0 aromatic carbocycles. The van der Waals surface area contributed by atoms with Crippen molar-refractivity contribution >= 4 is 5.97 Å². The summed E-state index contributed by atoms with van der Waals surface area (Å²) in [7, 11) is 0. The van der Waals surface area contributed by atoms with Gasteiger partial charge >= 0.3 is 5.97 Å². The van der Waals surface area contributed by atoms with Gasteiger partial charge in [-0.3, -0.25) is 0 Å². The fraction of sp³-hybridized carbons (Fsp3) is 0.944. The van der Waals surface area contributed by atoms with Crippen molar-refractivity contribution in [3.8, 4) is 0 Å². The maximum atomic E-state index is 12.8. The number of carbonyl (C=O) groups is 1. The lowest BCUT2D eigenvalue weighted by atomic mass is 9.33. The SMILES string of the molecule is C[C@@H]1O[C@@H](O[C@H]2[C@H](O[C@H]3[C@H](O[C@H]4[C@H](O[C@H]5CC[C@@]6(C)[C@H]([C@H](O)C[C@]7(C)[C@@H]6CC=C6[C@H]8CC(C)(C)CC[C@]8(CO)[C@H](O)C[C@]67C)C5(C)C)O[C@H](C(=O)O)[C@@H](O)[C@@H]4O)O[C@H](CO)[C@H](O)[C@@H]3O)O[C@H](CO)[C@@H](O)[C@@H]2O)[C@H](O)[C@H](O)[C@H]1O. The molecular weight excluding hydrogens is 1030 g/mol. The Balaban J connectivity index is 1.00. The van der Waals surface area contributed by atoms with Gasteiger partial charge in [0.1, 0.15) is 85.5 Å². The minimum absolute atomic E-state index is 0.000849. The Morgan fingerprint density at radius 3 is 1.68 bits per heavy atom. The van der Waals surface area contributed by atoms with Crippen molar-refractivity contribution in [2.75, 3.05) is 19.8 Å². The third kappa shape index (κ3) is 9.67. The summed E-state index contributed by atoms with van der Waals surface area (Å²) < 4.78 is 48.3. The van der Waals surface area contributed by atoms with Crippen LogP contribution in [0.25, 0.3) is 0 Å². The number of allylic oxidation sites excluding steroid dienone is 2. The zero-order valence-corrected chi connectivity index (χ0v) is 45.7. The van der Waals surface area contributed by atoms with Gasteiger partial charge in [0.25, 0.3) is 0 Å². The third-order valence-electron chi connectivity index (χ3n) is 21.4. The lowest BCUT2D eigenvalue weighted by Gasteiger charge is -2.72. The number of carboxylic acids is 1. The number of rotatable bonds is 12. The molecule has 8 fully saturated rings. The predicted octanol–water partition coefficient (Wildman–Crippen LogP) is -2.50. The second-order valence-corrected chi connectivity index (χ2v) is 26.6. The number of aliphatic hydroxyl groups is 14. The zero-order valence-electron chi connectivity index (χ0n) is 45.7. The number of aliphatic carboxylic acids is 1. The van der Waals surface area contributed by atoms with Crippen molar-refractivity contribution < 1.29 is 119 Å². The van der Waals surface area contributed by atoms with Crippen LogP contribution in [0.2, 0.25) is 0 Å². The topological polar surface area (TPSA) is 394 Å². The van der Waals surface area contributed by atoms with Gasteiger partial charge in [0.05, 0.1) is 44.2 Å². The fourth-order valence-electron chi connectivity index (χ4n) is 16.8. The molecule has 0 amide bonds. The van der Waals surface area contributed by atoms with E-state index in [0.29, 0.717) is 38.5 Å². The molecular formula is C54H88O24. The van der Waals surface area contributed by atoms with E-state index >= 15 is 0 Å². The van der Waals surface area contributed by atoms with E-state index in [9.17, 15) is 81.4 Å². The molecule has 24 heteroatoms. The highest BCUT2D eigenvalue weighted by Crippen LogP contribution is 2.76. The van der Waals surface area contributed by atoms with Crippen LogP contribution in [-0.4, -0.2) is 244 Å². The largest absolute Gasteiger partial charge is 0.479 e. The van der Waals surface area contributed by atoms with Gasteiger partial charge in [-0.25, -0.2) is 4.79 Å². The Bertz CT molecular complexity index is 2170. The van der Waals surface area contributed by atoms with Gasteiger partial charge in [-0.15, -0.1) is 0 Å². The molecule has 4 saturated heterocycles. The average Bonchev–Trinajstić information content (AvgIpc) is 3.36. The Kier molecular flexibility index (Phi) is 17.0. The Morgan fingerprint density at radius 1 is 0.603 bits per heavy atom. The number of carboxylic acid groups (broad SMARTS) is 1. The van der Waals surface area contributed by atoms with Crippen LogP contribution in [0.5, 0.6) is 0 Å². The summed E-state index contributed by atoms with van der Waals surface area (Å²) in [6.45, 7) is 14.4. The second kappa shape index (κ2) is 21.8. The molecule has 0 aromatic heterocycles. The van der Waals surface area contributed by atoms with E-state index in [1.54, 1.807) is 0 Å². The van der Waals surface area contributed by atoms with Gasteiger partial charge < -0.3 is 114 Å². The Hall–Kier alpha value is -1.67. The quantitative estimate of drug-likeness (QED) is 0.0709. The molecule has 448 valence electrons. The number of aliphatic hydroxyl groups excluding tert-OH is 14. The molecule has 9 aliphatic rings. The normalized spacial score (nSPS) is 54.9. The predicted molar refractivity (Wildman–Crippen MR) is 265 cm³/mol. The summed E-state index contributed by atoms with van der Waals surface area (Å²) in [5.41, 5.74) is -1.90. The first kappa shape index (κ1) is 60.9. The maximum Gasteiger partial charge on any atom is 0.335 e. The first-order chi connectivity index (χ1) is 36.4. The van der Waals surface area contributed by atoms with Crippen LogP contribution in [0.3, 0.4) is 0 Å². The lowest BCUT2D eigenvalue weighted by molar-refractivity contribution is -0.407. The molecule has 0 aromatic rings. The van der Waals surface area contributed by atoms with Crippen molar-refractivity contribution in [3.05, 3.63) is 11.6 Å². The zero-order chi connectivity index (χ0) is 57.3. The summed E-state index contributed by atoms with van der Waals surface area (Å²) in [6, 6.07) is 0. The van der Waals surface area contributed by atoms with Crippen LogP contribution in [0, 0.1) is 50.2 Å². The molecule has 0 spiro atoms. The van der Waals surface area contributed by atoms with Crippen molar-refractivity contribution in [2.24, 2.45) is 50.2 Å². The summed E-state index contributed by atoms with van der Waals surface area (Å²) in [6.07, 6.45) is -33.0. The molecule has 15 N–H and O–H groups in total. The van der Waals surface area contributed by atoms with E-state index in [-0.39, 0.29) is 23.9 Å². The van der Waals surface area contributed by atoms with E-state index < -0.39 is 193 Å². The third-order valence-corrected chi connectivity index (χ3v) is 21.4. The molecule has 9 rings (SSSR count). The van der Waals surface area contributed by atoms with Gasteiger partial charge in [-0.05, 0) is 103 Å². The highest BCUT2D eigenvalue weighted by molar-refractivity contribution is 5.73. The van der Waals surface area contributed by atoms with Gasteiger partial charge in [0.15, 0.2) is 31.3 Å². The Labute approximate surface area is 453 Å². The van der Waals surface area contributed by atoms with E-state index in [1.807, 2.05) is 13.8 Å². The van der Waals surface area contributed by atoms with E-state index in [0.717, 1.165) is 12.8 Å². The lowest BCUT2D eigenvalue weighted by Crippen LogP contribution is -2.70. The van der Waals surface area contributed by atoms with Gasteiger partial charge in [-0.2, -0.15) is 0 Å². The van der Waals surface area contributed by atoms with Crippen molar-refractivity contribution in [1.82, 2.24) is 0 Å². The minimum Gasteiger partial charge on any atom is -0.479 e. The van der Waals surface area contributed by atoms with Gasteiger partial charge in [0, 0.05) is 5.41 Å². The van der Waals surface area contributed by atoms with Gasteiger partial charge in [-0.1, -0.05) is 60.1 Å². The monoisotopic (exact) mass is 1120 g/mol. The number of hydrogen-bond acceptors (Lipinski definition) is 23. The van der Waals surface area contributed by atoms with Crippen molar-refractivity contribution in [2.45, 2.75) is 248 Å². The van der Waals surface area contributed by atoms with Crippen LogP contribution in [0.4, 0.5) is 0 Å². The van der Waals surface area contributed by atoms with Gasteiger partial charge in [0.2, 0.25) is 0 Å². The Morgan fingerprint density at radius 2 is 1.14 bits per heavy atom.